The Balaban J connectivity index is 1.75. The van der Waals surface area contributed by atoms with Crippen LogP contribution in [0.4, 0.5) is 0 Å². The van der Waals surface area contributed by atoms with E-state index in [1.807, 2.05) is 13.8 Å². The van der Waals surface area contributed by atoms with Gasteiger partial charge >= 0.3 is 5.97 Å². The Labute approximate surface area is 147 Å². The van der Waals surface area contributed by atoms with Crippen molar-refractivity contribution in [3.8, 4) is 5.75 Å². The smallest absolute Gasteiger partial charge is 0.341 e. The number of ether oxygens (including phenoxy) is 2. The number of aliphatic carboxylic acids is 1. The van der Waals surface area contributed by atoms with Crippen LogP contribution in [0.25, 0.3) is 0 Å². The molecule has 2 unspecified atom stereocenters. The number of hydrogen-bond acceptors (Lipinski definition) is 4. The summed E-state index contributed by atoms with van der Waals surface area (Å²) < 4.78 is 11.2. The average Bonchev–Trinajstić information content (AvgIpc) is 3.29. The number of nitrogens with one attached hydrogen (secondary N) is 1. The summed E-state index contributed by atoms with van der Waals surface area (Å²) >= 11 is 0. The molecule has 1 aliphatic carbocycles. The van der Waals surface area contributed by atoms with E-state index in [-0.39, 0.29) is 17.6 Å². The topological polar surface area (TPSA) is 84.9 Å². The number of aryl methyl sites for hydroxylation is 2. The second-order valence-electron chi connectivity index (χ2n) is 7.37. The molecule has 1 heterocycles. The van der Waals surface area contributed by atoms with E-state index in [1.54, 1.807) is 12.1 Å². The molecule has 1 saturated heterocycles. The van der Waals surface area contributed by atoms with E-state index in [0.717, 1.165) is 17.5 Å². The van der Waals surface area contributed by atoms with E-state index in [2.05, 4.69) is 12.2 Å². The summed E-state index contributed by atoms with van der Waals surface area (Å²) in [5, 5.41) is 11.9. The zero-order valence-electron chi connectivity index (χ0n) is 14.9. The van der Waals surface area contributed by atoms with Crippen molar-refractivity contribution >= 4 is 11.9 Å². The van der Waals surface area contributed by atoms with Crippen molar-refractivity contribution in [1.29, 1.82) is 0 Å². The number of hydrogen-bond donors (Lipinski definition) is 2. The Kier molecular flexibility index (Phi) is 4.73. The zero-order valence-corrected chi connectivity index (χ0v) is 14.9. The summed E-state index contributed by atoms with van der Waals surface area (Å²) in [5.74, 6) is -0.0798. The van der Waals surface area contributed by atoms with Crippen LogP contribution in [0.1, 0.15) is 47.7 Å². The highest BCUT2D eigenvalue weighted by Crippen LogP contribution is 2.43. The Bertz CT molecular complexity index is 674. The fourth-order valence-corrected chi connectivity index (χ4v) is 3.69. The van der Waals surface area contributed by atoms with Crippen LogP contribution in [-0.2, 0) is 9.53 Å². The molecule has 6 heteroatoms. The van der Waals surface area contributed by atoms with Gasteiger partial charge in [-0.25, -0.2) is 4.79 Å². The van der Waals surface area contributed by atoms with Crippen molar-refractivity contribution in [1.82, 2.24) is 5.32 Å². The standard InChI is InChI=1S/C19H25NO5/c1-11-8-14(9-12(2)16(11)25-10-15(21)22)18(23)20-19(3)6-7-24-17(19)13-4-5-13/h8-9,13,17H,4-7,10H2,1-3H3,(H,20,23)(H,21,22). The molecule has 6 nitrogen and oxygen atoms in total. The normalized spacial score (nSPS) is 25.6. The van der Waals surface area contributed by atoms with Gasteiger partial charge in [-0.2, -0.15) is 0 Å². The molecular weight excluding hydrogens is 322 g/mol. The quantitative estimate of drug-likeness (QED) is 0.826. The Morgan fingerprint density at radius 3 is 2.52 bits per heavy atom. The number of carboxylic acid groups (broad SMARTS) is 1. The van der Waals surface area contributed by atoms with Gasteiger partial charge in [0.1, 0.15) is 5.75 Å². The van der Waals surface area contributed by atoms with Crippen molar-refractivity contribution in [2.45, 2.75) is 51.7 Å². The molecule has 1 amide bonds. The van der Waals surface area contributed by atoms with Crippen LogP contribution in [0.3, 0.4) is 0 Å². The van der Waals surface area contributed by atoms with Gasteiger partial charge in [-0.15, -0.1) is 0 Å². The molecule has 2 atom stereocenters. The lowest BCUT2D eigenvalue weighted by Gasteiger charge is -2.31. The summed E-state index contributed by atoms with van der Waals surface area (Å²) in [6, 6.07) is 3.48. The molecular formula is C19H25NO5. The van der Waals surface area contributed by atoms with E-state index in [0.29, 0.717) is 23.8 Å². The Morgan fingerprint density at radius 2 is 1.96 bits per heavy atom. The Morgan fingerprint density at radius 1 is 1.32 bits per heavy atom. The molecule has 2 N–H and O–H groups in total. The first-order valence-corrected chi connectivity index (χ1v) is 8.70. The monoisotopic (exact) mass is 347 g/mol. The molecule has 1 aromatic carbocycles. The van der Waals surface area contributed by atoms with Crippen LogP contribution in [0.15, 0.2) is 12.1 Å². The van der Waals surface area contributed by atoms with E-state index >= 15 is 0 Å². The number of amides is 1. The third-order valence-electron chi connectivity index (χ3n) is 5.06. The zero-order chi connectivity index (χ0) is 18.2. The lowest BCUT2D eigenvalue weighted by atomic mass is 9.90. The van der Waals surface area contributed by atoms with Gasteiger partial charge in [0.05, 0.1) is 11.6 Å². The van der Waals surface area contributed by atoms with Gasteiger partial charge in [0.25, 0.3) is 5.91 Å². The summed E-state index contributed by atoms with van der Waals surface area (Å²) in [5.41, 5.74) is 1.72. The first kappa shape index (κ1) is 17.7. The lowest BCUT2D eigenvalue weighted by Crippen LogP contribution is -2.52. The van der Waals surface area contributed by atoms with E-state index in [1.165, 1.54) is 12.8 Å². The minimum atomic E-state index is -1.03. The first-order chi connectivity index (χ1) is 11.8. The highest BCUT2D eigenvalue weighted by molar-refractivity contribution is 5.95. The lowest BCUT2D eigenvalue weighted by molar-refractivity contribution is -0.139. The largest absolute Gasteiger partial charge is 0.481 e. The van der Waals surface area contributed by atoms with Crippen molar-refractivity contribution in [3.05, 3.63) is 28.8 Å². The van der Waals surface area contributed by atoms with Crippen LogP contribution < -0.4 is 10.1 Å². The maximum absolute atomic E-state index is 12.8. The highest BCUT2D eigenvalue weighted by atomic mass is 16.5. The van der Waals surface area contributed by atoms with Gasteiger partial charge in [0, 0.05) is 12.2 Å². The maximum Gasteiger partial charge on any atom is 0.341 e. The second kappa shape index (κ2) is 6.67. The number of benzene rings is 1. The minimum absolute atomic E-state index is 0.0943. The second-order valence-corrected chi connectivity index (χ2v) is 7.37. The molecule has 0 bridgehead atoms. The number of carboxylic acids is 1. The molecule has 136 valence electrons. The van der Waals surface area contributed by atoms with E-state index in [4.69, 9.17) is 14.6 Å². The molecule has 3 rings (SSSR count). The molecule has 0 radical (unpaired) electrons. The van der Waals surface area contributed by atoms with Crippen molar-refractivity contribution in [2.75, 3.05) is 13.2 Å². The third-order valence-corrected chi connectivity index (χ3v) is 5.06. The van der Waals surface area contributed by atoms with Crippen molar-refractivity contribution in [2.24, 2.45) is 5.92 Å². The Hall–Kier alpha value is -2.08. The van der Waals surface area contributed by atoms with Crippen LogP contribution in [0.2, 0.25) is 0 Å². The molecule has 2 fully saturated rings. The van der Waals surface area contributed by atoms with Gasteiger partial charge in [-0.1, -0.05) is 0 Å². The number of carbonyl (C=O) groups excluding carboxylic acids is 1. The van der Waals surface area contributed by atoms with Crippen molar-refractivity contribution < 1.29 is 24.2 Å². The predicted molar refractivity (Wildman–Crippen MR) is 92.0 cm³/mol. The summed E-state index contributed by atoms with van der Waals surface area (Å²) in [4.78, 5) is 23.5. The van der Waals surface area contributed by atoms with E-state index in [9.17, 15) is 9.59 Å². The van der Waals surface area contributed by atoms with E-state index < -0.39 is 12.6 Å². The van der Waals surface area contributed by atoms with Gasteiger partial charge in [-0.3, -0.25) is 4.79 Å². The van der Waals surface area contributed by atoms with Gasteiger partial charge in [-0.05, 0) is 69.2 Å². The highest BCUT2D eigenvalue weighted by Gasteiger charge is 2.49. The summed E-state index contributed by atoms with van der Waals surface area (Å²) in [6.07, 6.45) is 3.25. The SMILES string of the molecule is Cc1cc(C(=O)NC2(C)CCOC2C2CC2)cc(C)c1OCC(=O)O. The maximum atomic E-state index is 12.8. The molecule has 25 heavy (non-hydrogen) atoms. The van der Waals surface area contributed by atoms with Crippen LogP contribution >= 0.6 is 0 Å². The fraction of sp³-hybridized carbons (Fsp3) is 0.579. The van der Waals surface area contributed by atoms with Gasteiger partial charge in [0.2, 0.25) is 0 Å². The van der Waals surface area contributed by atoms with Crippen LogP contribution in [0.5, 0.6) is 5.75 Å². The molecule has 1 saturated carbocycles. The number of carbonyl (C=O) groups is 2. The predicted octanol–water partition coefficient (Wildman–Crippen LogP) is 2.45. The first-order valence-electron chi connectivity index (χ1n) is 8.70. The number of rotatable bonds is 6. The molecule has 0 aromatic heterocycles. The minimum Gasteiger partial charge on any atom is -0.481 e. The molecule has 0 spiro atoms. The average molecular weight is 347 g/mol. The van der Waals surface area contributed by atoms with Gasteiger partial charge < -0.3 is 19.9 Å². The van der Waals surface area contributed by atoms with Crippen LogP contribution in [-0.4, -0.2) is 41.8 Å². The van der Waals surface area contributed by atoms with Crippen molar-refractivity contribution in [3.63, 3.8) is 0 Å². The molecule has 1 aliphatic heterocycles. The van der Waals surface area contributed by atoms with Gasteiger partial charge in [0.15, 0.2) is 6.61 Å². The molecule has 1 aromatic rings. The fourth-order valence-electron chi connectivity index (χ4n) is 3.69. The summed E-state index contributed by atoms with van der Waals surface area (Å²) in [7, 11) is 0. The third kappa shape index (κ3) is 3.79. The van der Waals surface area contributed by atoms with Crippen LogP contribution in [0, 0.1) is 19.8 Å². The molecule has 2 aliphatic rings. The summed E-state index contributed by atoms with van der Waals surface area (Å²) in [6.45, 7) is 5.97.